The van der Waals surface area contributed by atoms with Gasteiger partial charge in [0, 0.05) is 5.56 Å². The summed E-state index contributed by atoms with van der Waals surface area (Å²) in [5.74, 6) is -0.193. The van der Waals surface area contributed by atoms with Crippen molar-refractivity contribution >= 4 is 5.91 Å². The quantitative estimate of drug-likeness (QED) is 0.836. The Morgan fingerprint density at radius 1 is 1.06 bits per heavy atom. The van der Waals surface area contributed by atoms with Crippen molar-refractivity contribution in [1.82, 2.24) is 5.32 Å². The Kier molecular flexibility index (Phi) is 2.48. The van der Waals surface area contributed by atoms with E-state index in [1.165, 1.54) is 6.07 Å². The number of nitrogens with one attached hydrogen (secondary N) is 1. The summed E-state index contributed by atoms with van der Waals surface area (Å²) in [4.78, 5) is 11.9. The standard InChI is InChI=1S/C14H10FNO2/c15-11-7-3-1-5-9(11)14-16-13(17)10-6-2-4-8-12(10)18-14/h1-8,14H,(H,16,17)/t14-/m0/s1. The fourth-order valence-corrected chi connectivity index (χ4v) is 1.94. The molecule has 0 saturated carbocycles. The highest BCUT2D eigenvalue weighted by Crippen LogP contribution is 2.29. The summed E-state index contributed by atoms with van der Waals surface area (Å²) in [5.41, 5.74) is 0.783. The van der Waals surface area contributed by atoms with Crippen LogP contribution in [0.3, 0.4) is 0 Å². The van der Waals surface area contributed by atoms with E-state index >= 15 is 0 Å². The molecule has 3 rings (SSSR count). The fraction of sp³-hybridized carbons (Fsp3) is 0.0714. The maximum atomic E-state index is 13.6. The highest BCUT2D eigenvalue weighted by molar-refractivity contribution is 5.97. The van der Waals surface area contributed by atoms with E-state index in [-0.39, 0.29) is 5.91 Å². The molecule has 0 aliphatic carbocycles. The van der Waals surface area contributed by atoms with Crippen LogP contribution < -0.4 is 10.1 Å². The molecule has 0 bridgehead atoms. The summed E-state index contributed by atoms with van der Waals surface area (Å²) >= 11 is 0. The molecule has 0 spiro atoms. The Hall–Kier alpha value is -2.36. The van der Waals surface area contributed by atoms with E-state index in [9.17, 15) is 9.18 Å². The molecule has 0 aromatic heterocycles. The molecule has 0 fully saturated rings. The summed E-state index contributed by atoms with van der Waals surface area (Å²) in [6.07, 6.45) is -0.784. The number of halogens is 1. The van der Waals surface area contributed by atoms with Crippen molar-refractivity contribution in [2.75, 3.05) is 0 Å². The Morgan fingerprint density at radius 2 is 1.78 bits per heavy atom. The van der Waals surface area contributed by atoms with E-state index in [1.54, 1.807) is 42.5 Å². The lowest BCUT2D eigenvalue weighted by Gasteiger charge is -2.27. The number of carbonyl (C=O) groups is 1. The normalized spacial score (nSPS) is 17.6. The highest BCUT2D eigenvalue weighted by Gasteiger charge is 2.27. The van der Waals surface area contributed by atoms with Gasteiger partial charge in [-0.2, -0.15) is 0 Å². The number of carbonyl (C=O) groups excluding carboxylic acids is 1. The van der Waals surface area contributed by atoms with Crippen LogP contribution in [0.25, 0.3) is 0 Å². The molecule has 1 aliphatic heterocycles. The Balaban J connectivity index is 2.00. The van der Waals surface area contributed by atoms with Gasteiger partial charge in [0.2, 0.25) is 6.23 Å². The van der Waals surface area contributed by atoms with Crippen LogP contribution in [-0.4, -0.2) is 5.91 Å². The van der Waals surface area contributed by atoms with Gasteiger partial charge in [-0.15, -0.1) is 0 Å². The number of hydrogen-bond acceptors (Lipinski definition) is 2. The minimum atomic E-state index is -0.784. The molecule has 1 atom stereocenters. The summed E-state index contributed by atoms with van der Waals surface area (Å²) < 4.78 is 19.2. The summed E-state index contributed by atoms with van der Waals surface area (Å²) in [5, 5.41) is 2.63. The number of fused-ring (bicyclic) bond motifs is 1. The second-order valence-corrected chi connectivity index (χ2v) is 3.99. The molecule has 1 amide bonds. The van der Waals surface area contributed by atoms with Crippen molar-refractivity contribution in [3.8, 4) is 5.75 Å². The Morgan fingerprint density at radius 3 is 2.61 bits per heavy atom. The average molecular weight is 243 g/mol. The van der Waals surface area contributed by atoms with E-state index in [0.717, 1.165) is 0 Å². The van der Waals surface area contributed by atoms with Gasteiger partial charge in [0.25, 0.3) is 5.91 Å². The minimum absolute atomic E-state index is 0.259. The molecule has 18 heavy (non-hydrogen) atoms. The Labute approximate surface area is 103 Å². The van der Waals surface area contributed by atoms with Crippen LogP contribution in [0.4, 0.5) is 4.39 Å². The van der Waals surface area contributed by atoms with E-state index in [2.05, 4.69) is 5.32 Å². The lowest BCUT2D eigenvalue weighted by atomic mass is 10.1. The molecular weight excluding hydrogens is 233 g/mol. The zero-order valence-corrected chi connectivity index (χ0v) is 9.39. The van der Waals surface area contributed by atoms with Gasteiger partial charge in [0.15, 0.2) is 0 Å². The van der Waals surface area contributed by atoms with Gasteiger partial charge in [0.05, 0.1) is 5.56 Å². The highest BCUT2D eigenvalue weighted by atomic mass is 19.1. The third-order valence-electron chi connectivity index (χ3n) is 2.83. The summed E-state index contributed by atoms with van der Waals surface area (Å²) in [7, 11) is 0. The molecule has 1 aliphatic rings. The number of hydrogen-bond donors (Lipinski definition) is 1. The largest absolute Gasteiger partial charge is 0.465 e. The molecule has 1 N–H and O–H groups in total. The number of ether oxygens (including phenoxy) is 1. The molecule has 90 valence electrons. The monoisotopic (exact) mass is 243 g/mol. The lowest BCUT2D eigenvalue weighted by Crippen LogP contribution is -2.37. The molecule has 0 unspecified atom stereocenters. The van der Waals surface area contributed by atoms with Gasteiger partial charge < -0.3 is 10.1 Å². The Bertz CT molecular complexity index is 612. The molecule has 0 saturated heterocycles. The second kappa shape index (κ2) is 4.14. The zero-order valence-electron chi connectivity index (χ0n) is 9.39. The van der Waals surface area contributed by atoms with Crippen LogP contribution in [-0.2, 0) is 0 Å². The van der Waals surface area contributed by atoms with Crippen LogP contribution in [0.1, 0.15) is 22.1 Å². The third kappa shape index (κ3) is 1.72. The van der Waals surface area contributed by atoms with Crippen LogP contribution >= 0.6 is 0 Å². The topological polar surface area (TPSA) is 38.3 Å². The molecule has 4 heteroatoms. The van der Waals surface area contributed by atoms with E-state index in [4.69, 9.17) is 4.74 Å². The first-order valence-corrected chi connectivity index (χ1v) is 5.56. The van der Waals surface area contributed by atoms with Gasteiger partial charge >= 0.3 is 0 Å². The fourth-order valence-electron chi connectivity index (χ4n) is 1.94. The first-order chi connectivity index (χ1) is 8.75. The number of benzene rings is 2. The predicted octanol–water partition coefficient (Wildman–Crippen LogP) is 2.65. The maximum Gasteiger partial charge on any atom is 0.258 e. The van der Waals surface area contributed by atoms with Crippen LogP contribution in [0.15, 0.2) is 48.5 Å². The van der Waals surface area contributed by atoms with Crippen LogP contribution in [0.5, 0.6) is 5.75 Å². The molecule has 1 heterocycles. The smallest absolute Gasteiger partial charge is 0.258 e. The van der Waals surface area contributed by atoms with E-state index in [0.29, 0.717) is 16.9 Å². The predicted molar refractivity (Wildman–Crippen MR) is 63.7 cm³/mol. The van der Waals surface area contributed by atoms with Crippen LogP contribution in [0.2, 0.25) is 0 Å². The first kappa shape index (κ1) is 10.8. The van der Waals surface area contributed by atoms with Gasteiger partial charge in [-0.1, -0.05) is 30.3 Å². The van der Waals surface area contributed by atoms with Crippen molar-refractivity contribution in [2.24, 2.45) is 0 Å². The molecule has 0 radical (unpaired) electrons. The number of amides is 1. The second-order valence-electron chi connectivity index (χ2n) is 3.99. The molecular formula is C14H10FNO2. The van der Waals surface area contributed by atoms with E-state index in [1.807, 2.05) is 0 Å². The van der Waals surface area contributed by atoms with Gasteiger partial charge in [-0.3, -0.25) is 4.79 Å². The SMILES string of the molecule is O=C1N[C@H](c2ccccc2F)Oc2ccccc21. The van der Waals surface area contributed by atoms with Gasteiger partial charge in [0.1, 0.15) is 11.6 Å². The number of rotatable bonds is 1. The molecule has 3 nitrogen and oxygen atoms in total. The average Bonchev–Trinajstić information content (AvgIpc) is 2.39. The lowest BCUT2D eigenvalue weighted by molar-refractivity contribution is 0.0750. The summed E-state index contributed by atoms with van der Waals surface area (Å²) in [6.45, 7) is 0. The van der Waals surface area contributed by atoms with Crippen molar-refractivity contribution < 1.29 is 13.9 Å². The third-order valence-corrected chi connectivity index (χ3v) is 2.83. The van der Waals surface area contributed by atoms with Crippen LogP contribution in [0, 0.1) is 5.82 Å². The summed E-state index contributed by atoms with van der Waals surface area (Å²) in [6, 6.07) is 13.1. The minimum Gasteiger partial charge on any atom is -0.465 e. The van der Waals surface area contributed by atoms with E-state index < -0.39 is 12.0 Å². The first-order valence-electron chi connectivity index (χ1n) is 5.56. The van der Waals surface area contributed by atoms with Crippen molar-refractivity contribution in [2.45, 2.75) is 6.23 Å². The zero-order chi connectivity index (χ0) is 12.5. The van der Waals surface area contributed by atoms with Crippen molar-refractivity contribution in [1.29, 1.82) is 0 Å². The van der Waals surface area contributed by atoms with Crippen molar-refractivity contribution in [3.05, 3.63) is 65.5 Å². The maximum absolute atomic E-state index is 13.6. The molecule has 2 aromatic carbocycles. The molecule has 2 aromatic rings. The van der Waals surface area contributed by atoms with Crippen molar-refractivity contribution in [3.63, 3.8) is 0 Å². The van der Waals surface area contributed by atoms with Gasteiger partial charge in [-0.25, -0.2) is 4.39 Å². The number of para-hydroxylation sites is 1. The van der Waals surface area contributed by atoms with Gasteiger partial charge in [-0.05, 0) is 18.2 Å².